The Balaban J connectivity index is 0.00000220. The molecule has 1 N–H and O–H groups in total. The number of nitrogens with one attached hydrogen (secondary N) is 1. The van der Waals surface area contributed by atoms with Gasteiger partial charge in [-0.2, -0.15) is 13.2 Å². The Morgan fingerprint density at radius 1 is 1.23 bits per heavy atom. The normalized spacial score (nSPS) is 17.3. The van der Waals surface area contributed by atoms with E-state index in [-0.39, 0.29) is 24.8 Å². The summed E-state index contributed by atoms with van der Waals surface area (Å²) in [6.45, 7) is 4.51. The molecule has 1 aromatic carbocycles. The summed E-state index contributed by atoms with van der Waals surface area (Å²) in [5.74, 6) is 0. The van der Waals surface area contributed by atoms with E-state index in [1.807, 2.05) is 11.8 Å². The minimum absolute atomic E-state index is 0. The van der Waals surface area contributed by atoms with E-state index in [1.54, 1.807) is 18.2 Å². The Bertz CT molecular complexity index is 463. The Kier molecular flexibility index (Phi) is 9.10. The molecule has 1 aromatic rings. The fraction of sp³-hybridized carbons (Fsp3) is 0.571. The van der Waals surface area contributed by atoms with Crippen LogP contribution >= 0.6 is 36.4 Å². The van der Waals surface area contributed by atoms with Crippen molar-refractivity contribution in [2.45, 2.75) is 25.6 Å². The summed E-state index contributed by atoms with van der Waals surface area (Å²) in [4.78, 5) is 1.90. The van der Waals surface area contributed by atoms with Crippen molar-refractivity contribution in [3.63, 3.8) is 0 Å². The molecule has 1 aliphatic heterocycles. The monoisotopic (exact) mass is 378 g/mol. The van der Waals surface area contributed by atoms with Crippen LogP contribution in [0.15, 0.2) is 18.2 Å². The van der Waals surface area contributed by atoms with Gasteiger partial charge >= 0.3 is 6.18 Å². The molecule has 0 bridgehead atoms. The number of halogens is 6. The Morgan fingerprint density at radius 2 is 1.82 bits per heavy atom. The molecule has 0 aliphatic carbocycles. The van der Waals surface area contributed by atoms with Crippen LogP contribution in [-0.4, -0.2) is 37.3 Å². The third-order valence-electron chi connectivity index (χ3n) is 3.61. The van der Waals surface area contributed by atoms with Crippen molar-refractivity contribution in [1.29, 1.82) is 0 Å². The van der Waals surface area contributed by atoms with Crippen LogP contribution in [0.4, 0.5) is 13.2 Å². The molecule has 0 amide bonds. The molecule has 1 fully saturated rings. The molecule has 0 aromatic heterocycles. The lowest BCUT2D eigenvalue weighted by Gasteiger charge is -2.36. The first-order valence-corrected chi connectivity index (χ1v) is 7.02. The van der Waals surface area contributed by atoms with Gasteiger partial charge in [0.2, 0.25) is 0 Å². The Morgan fingerprint density at radius 3 is 2.32 bits per heavy atom. The maximum atomic E-state index is 12.9. The molecular formula is C14H20Cl3F3N2. The summed E-state index contributed by atoms with van der Waals surface area (Å²) < 4.78 is 38.7. The standard InChI is InChI=1S/C14H18ClF3N2.2ClH/c1-10-8-11(15)2-3-12(10)13(9-14(16,17)18)20-6-4-19-5-7-20;;/h2-3,8,13,19H,4-7,9H2,1H3;2*1H/t13-;;/m1../s1. The van der Waals surface area contributed by atoms with E-state index in [9.17, 15) is 13.2 Å². The molecular weight excluding hydrogens is 360 g/mol. The van der Waals surface area contributed by atoms with Gasteiger partial charge in [-0.3, -0.25) is 4.90 Å². The molecule has 1 aliphatic rings. The van der Waals surface area contributed by atoms with Gasteiger partial charge in [0.05, 0.1) is 6.42 Å². The quantitative estimate of drug-likeness (QED) is 0.838. The first-order chi connectivity index (χ1) is 9.37. The highest BCUT2D eigenvalue weighted by atomic mass is 35.5. The van der Waals surface area contributed by atoms with Gasteiger partial charge in [0.25, 0.3) is 0 Å². The highest BCUT2D eigenvalue weighted by Gasteiger charge is 2.36. The zero-order chi connectivity index (χ0) is 14.8. The second kappa shape index (κ2) is 9.18. The van der Waals surface area contributed by atoms with Crippen molar-refractivity contribution in [1.82, 2.24) is 10.2 Å². The van der Waals surface area contributed by atoms with Gasteiger partial charge in [-0.25, -0.2) is 0 Å². The van der Waals surface area contributed by atoms with Crippen molar-refractivity contribution in [3.8, 4) is 0 Å². The van der Waals surface area contributed by atoms with Crippen molar-refractivity contribution in [2.24, 2.45) is 0 Å². The smallest absolute Gasteiger partial charge is 0.314 e. The maximum absolute atomic E-state index is 12.9. The summed E-state index contributed by atoms with van der Waals surface area (Å²) in [5, 5.41) is 3.72. The third kappa shape index (κ3) is 6.13. The van der Waals surface area contributed by atoms with Gasteiger partial charge < -0.3 is 5.32 Å². The van der Waals surface area contributed by atoms with Gasteiger partial charge in [0.1, 0.15) is 0 Å². The molecule has 2 rings (SSSR count). The molecule has 128 valence electrons. The van der Waals surface area contributed by atoms with Crippen molar-refractivity contribution >= 4 is 36.4 Å². The number of alkyl halides is 3. The lowest BCUT2D eigenvalue weighted by Crippen LogP contribution is -2.46. The highest BCUT2D eigenvalue weighted by Crippen LogP contribution is 2.35. The minimum atomic E-state index is -4.18. The van der Waals surface area contributed by atoms with Crippen LogP contribution in [0, 0.1) is 6.92 Å². The second-order valence-electron chi connectivity index (χ2n) is 5.12. The van der Waals surface area contributed by atoms with Gasteiger partial charge in [0, 0.05) is 37.2 Å². The molecule has 0 unspecified atom stereocenters. The predicted molar refractivity (Wildman–Crippen MR) is 88.5 cm³/mol. The molecule has 8 heteroatoms. The van der Waals surface area contributed by atoms with Gasteiger partial charge in [-0.1, -0.05) is 17.7 Å². The molecule has 0 saturated carbocycles. The largest absolute Gasteiger partial charge is 0.390 e. The number of hydrogen-bond donors (Lipinski definition) is 1. The maximum Gasteiger partial charge on any atom is 0.390 e. The van der Waals surface area contributed by atoms with E-state index in [2.05, 4.69) is 5.32 Å². The lowest BCUT2D eigenvalue weighted by atomic mass is 9.96. The third-order valence-corrected chi connectivity index (χ3v) is 3.84. The highest BCUT2D eigenvalue weighted by molar-refractivity contribution is 6.30. The van der Waals surface area contributed by atoms with Gasteiger partial charge in [0.15, 0.2) is 0 Å². The van der Waals surface area contributed by atoms with Crippen LogP contribution in [0.5, 0.6) is 0 Å². The average Bonchev–Trinajstić information content (AvgIpc) is 2.36. The van der Waals surface area contributed by atoms with Crippen molar-refractivity contribution in [2.75, 3.05) is 26.2 Å². The fourth-order valence-electron chi connectivity index (χ4n) is 2.66. The number of nitrogens with zero attached hydrogens (tertiary/aromatic N) is 1. The zero-order valence-electron chi connectivity index (χ0n) is 12.1. The summed E-state index contributed by atoms with van der Waals surface area (Å²) in [6, 6.07) is 4.47. The second-order valence-corrected chi connectivity index (χ2v) is 5.56. The van der Waals surface area contributed by atoms with Crippen LogP contribution in [0.25, 0.3) is 0 Å². The molecule has 0 radical (unpaired) electrons. The van der Waals surface area contributed by atoms with Crippen LogP contribution < -0.4 is 5.32 Å². The van der Waals surface area contributed by atoms with E-state index >= 15 is 0 Å². The number of piperazine rings is 1. The zero-order valence-corrected chi connectivity index (χ0v) is 14.5. The van der Waals surface area contributed by atoms with Crippen LogP contribution in [0.3, 0.4) is 0 Å². The summed E-state index contributed by atoms with van der Waals surface area (Å²) in [7, 11) is 0. The topological polar surface area (TPSA) is 15.3 Å². The van der Waals surface area contributed by atoms with Crippen LogP contribution in [0.1, 0.15) is 23.6 Å². The van der Waals surface area contributed by atoms with E-state index in [1.165, 1.54) is 0 Å². The first kappa shape index (κ1) is 21.8. The molecule has 0 spiro atoms. The van der Waals surface area contributed by atoms with E-state index in [0.29, 0.717) is 23.7 Å². The molecule has 1 heterocycles. The van der Waals surface area contributed by atoms with E-state index in [4.69, 9.17) is 11.6 Å². The van der Waals surface area contributed by atoms with Crippen LogP contribution in [0.2, 0.25) is 5.02 Å². The van der Waals surface area contributed by atoms with E-state index < -0.39 is 18.6 Å². The molecule has 2 nitrogen and oxygen atoms in total. The number of rotatable bonds is 3. The Labute approximate surface area is 146 Å². The SMILES string of the molecule is Cc1cc(Cl)ccc1[C@@H](CC(F)(F)F)N1CCNCC1.Cl.Cl. The predicted octanol–water partition coefficient (Wildman–Crippen LogP) is 4.39. The number of hydrogen-bond acceptors (Lipinski definition) is 2. The van der Waals surface area contributed by atoms with Crippen LogP contribution in [-0.2, 0) is 0 Å². The van der Waals surface area contributed by atoms with E-state index in [0.717, 1.165) is 18.7 Å². The molecule has 1 saturated heterocycles. The fourth-order valence-corrected chi connectivity index (χ4v) is 2.89. The number of benzene rings is 1. The summed E-state index contributed by atoms with van der Waals surface area (Å²) in [6.07, 6.45) is -5.00. The average molecular weight is 380 g/mol. The molecule has 1 atom stereocenters. The summed E-state index contributed by atoms with van der Waals surface area (Å²) in [5.41, 5.74) is 1.53. The first-order valence-electron chi connectivity index (χ1n) is 6.64. The Hall–Kier alpha value is -0.200. The van der Waals surface area contributed by atoms with Gasteiger partial charge in [-0.05, 0) is 30.2 Å². The number of aryl methyl sites for hydroxylation is 1. The summed E-state index contributed by atoms with van der Waals surface area (Å²) >= 11 is 5.89. The lowest BCUT2D eigenvalue weighted by molar-refractivity contribution is -0.148. The molecule has 22 heavy (non-hydrogen) atoms. The van der Waals surface area contributed by atoms with Crippen molar-refractivity contribution < 1.29 is 13.2 Å². The van der Waals surface area contributed by atoms with Crippen molar-refractivity contribution in [3.05, 3.63) is 34.3 Å². The minimum Gasteiger partial charge on any atom is -0.314 e. The van der Waals surface area contributed by atoms with Gasteiger partial charge in [-0.15, -0.1) is 24.8 Å².